The number of rotatable bonds is 8. The second kappa shape index (κ2) is 8.16. The van der Waals surface area contributed by atoms with Gasteiger partial charge in [-0.25, -0.2) is 9.67 Å². The second-order valence-corrected chi connectivity index (χ2v) is 8.62. The largest absolute Gasteiger partial charge is 0.361 e. The van der Waals surface area contributed by atoms with Crippen LogP contribution >= 0.6 is 0 Å². The SMILES string of the molecule is CC(C)(C)Cn1nnnc1C(NCCCn1ccnc1)c1ccc2[nH]ccc2c1. The number of aromatic amines is 1. The predicted molar refractivity (Wildman–Crippen MR) is 112 cm³/mol. The molecule has 0 fully saturated rings. The number of hydrogen-bond acceptors (Lipinski definition) is 5. The lowest BCUT2D eigenvalue weighted by atomic mass is 9.96. The molecule has 1 atom stereocenters. The third-order valence-electron chi connectivity index (χ3n) is 4.85. The number of tetrazole rings is 1. The number of aryl methyl sites for hydroxylation is 1. The minimum Gasteiger partial charge on any atom is -0.361 e. The van der Waals surface area contributed by atoms with Gasteiger partial charge >= 0.3 is 0 Å². The smallest absolute Gasteiger partial charge is 0.172 e. The molecule has 8 nitrogen and oxygen atoms in total. The molecule has 29 heavy (non-hydrogen) atoms. The van der Waals surface area contributed by atoms with Crippen LogP contribution in [0, 0.1) is 5.41 Å². The summed E-state index contributed by atoms with van der Waals surface area (Å²) in [5.74, 6) is 0.845. The average molecular weight is 393 g/mol. The molecule has 0 aliphatic heterocycles. The summed E-state index contributed by atoms with van der Waals surface area (Å²) in [6.07, 6.45) is 8.59. The summed E-state index contributed by atoms with van der Waals surface area (Å²) in [7, 11) is 0. The first kappa shape index (κ1) is 19.3. The fourth-order valence-corrected chi connectivity index (χ4v) is 3.52. The van der Waals surface area contributed by atoms with Crippen LogP contribution in [0.25, 0.3) is 10.9 Å². The van der Waals surface area contributed by atoms with Crippen LogP contribution in [-0.2, 0) is 13.1 Å². The van der Waals surface area contributed by atoms with Gasteiger partial charge in [0.05, 0.1) is 12.4 Å². The number of H-pyrrole nitrogens is 1. The normalized spacial score (nSPS) is 13.2. The van der Waals surface area contributed by atoms with E-state index in [2.05, 4.69) is 80.4 Å². The summed E-state index contributed by atoms with van der Waals surface area (Å²) in [6, 6.07) is 8.47. The molecule has 3 aromatic heterocycles. The van der Waals surface area contributed by atoms with Crippen LogP contribution in [0.15, 0.2) is 49.2 Å². The standard InChI is InChI=1S/C21H28N8/c1-21(2,3)14-29-20(25-26-27-29)19(24-8-4-11-28-12-10-22-15-28)17-5-6-18-16(13-17)7-9-23-18/h5-7,9-10,12-13,15,19,23-24H,4,8,11,14H2,1-3H3. The van der Waals surface area contributed by atoms with Crippen LogP contribution in [0.5, 0.6) is 0 Å². The molecule has 2 N–H and O–H groups in total. The molecule has 0 spiro atoms. The van der Waals surface area contributed by atoms with Crippen LogP contribution in [0.4, 0.5) is 0 Å². The van der Waals surface area contributed by atoms with Crippen molar-refractivity contribution in [3.05, 3.63) is 60.6 Å². The Bertz CT molecular complexity index is 1040. The summed E-state index contributed by atoms with van der Waals surface area (Å²) < 4.78 is 4.01. The first-order chi connectivity index (χ1) is 14.0. The van der Waals surface area contributed by atoms with Crippen LogP contribution in [0.1, 0.15) is 44.6 Å². The zero-order valence-corrected chi connectivity index (χ0v) is 17.2. The van der Waals surface area contributed by atoms with Gasteiger partial charge in [0.15, 0.2) is 5.82 Å². The molecule has 4 aromatic rings. The van der Waals surface area contributed by atoms with Gasteiger partial charge in [0.1, 0.15) is 0 Å². The van der Waals surface area contributed by atoms with Crippen molar-refractivity contribution in [2.45, 2.75) is 46.3 Å². The van der Waals surface area contributed by atoms with Crippen molar-refractivity contribution in [2.75, 3.05) is 6.54 Å². The molecule has 1 unspecified atom stereocenters. The summed E-state index contributed by atoms with van der Waals surface area (Å²) in [6.45, 7) is 9.10. The lowest BCUT2D eigenvalue weighted by Gasteiger charge is -2.23. The molecule has 8 heteroatoms. The van der Waals surface area contributed by atoms with Gasteiger partial charge in [-0.15, -0.1) is 5.10 Å². The Morgan fingerprint density at radius 2 is 2.10 bits per heavy atom. The number of nitrogens with one attached hydrogen (secondary N) is 2. The molecule has 1 aromatic carbocycles. The molecule has 0 aliphatic rings. The Balaban J connectivity index is 1.57. The van der Waals surface area contributed by atoms with Crippen molar-refractivity contribution in [1.29, 1.82) is 0 Å². The Morgan fingerprint density at radius 1 is 1.21 bits per heavy atom. The van der Waals surface area contributed by atoms with Crippen molar-refractivity contribution in [1.82, 2.24) is 40.1 Å². The van der Waals surface area contributed by atoms with Crippen LogP contribution in [-0.4, -0.2) is 41.3 Å². The van der Waals surface area contributed by atoms with Crippen LogP contribution < -0.4 is 5.32 Å². The number of imidazole rings is 1. The third-order valence-corrected chi connectivity index (χ3v) is 4.85. The lowest BCUT2D eigenvalue weighted by molar-refractivity contribution is 0.310. The van der Waals surface area contributed by atoms with Gasteiger partial charge in [-0.2, -0.15) is 0 Å². The van der Waals surface area contributed by atoms with E-state index in [4.69, 9.17) is 0 Å². The minimum absolute atomic E-state index is 0.0746. The zero-order chi connectivity index (χ0) is 20.3. The van der Waals surface area contributed by atoms with Crippen molar-refractivity contribution >= 4 is 10.9 Å². The first-order valence-corrected chi connectivity index (χ1v) is 10.0. The third kappa shape index (κ3) is 4.71. The fraction of sp³-hybridized carbons (Fsp3) is 0.429. The fourth-order valence-electron chi connectivity index (χ4n) is 3.52. The Labute approximate surface area is 170 Å². The summed E-state index contributed by atoms with van der Waals surface area (Å²) in [5.41, 5.74) is 2.37. The van der Waals surface area contributed by atoms with Gasteiger partial charge in [-0.05, 0) is 58.0 Å². The van der Waals surface area contributed by atoms with E-state index in [-0.39, 0.29) is 11.5 Å². The molecule has 3 heterocycles. The van der Waals surface area contributed by atoms with Crippen molar-refractivity contribution in [3.63, 3.8) is 0 Å². The Kier molecular flexibility index (Phi) is 5.44. The molecule has 0 aliphatic carbocycles. The number of benzene rings is 1. The van der Waals surface area contributed by atoms with E-state index >= 15 is 0 Å². The van der Waals surface area contributed by atoms with Gasteiger partial charge in [-0.3, -0.25) is 0 Å². The van der Waals surface area contributed by atoms with Gasteiger partial charge in [0, 0.05) is 37.2 Å². The highest BCUT2D eigenvalue weighted by Crippen LogP contribution is 2.25. The minimum atomic E-state index is -0.0746. The number of nitrogens with zero attached hydrogens (tertiary/aromatic N) is 6. The van der Waals surface area contributed by atoms with Crippen molar-refractivity contribution in [2.24, 2.45) is 5.41 Å². The van der Waals surface area contributed by atoms with Crippen LogP contribution in [0.2, 0.25) is 0 Å². The van der Waals surface area contributed by atoms with E-state index in [0.29, 0.717) is 0 Å². The predicted octanol–water partition coefficient (Wildman–Crippen LogP) is 3.17. The maximum absolute atomic E-state index is 4.39. The summed E-state index contributed by atoms with van der Waals surface area (Å²) in [4.78, 5) is 7.36. The molecular formula is C21H28N8. The van der Waals surface area contributed by atoms with Gasteiger partial charge in [0.2, 0.25) is 0 Å². The quantitative estimate of drug-likeness (QED) is 0.450. The molecular weight excluding hydrogens is 364 g/mol. The monoisotopic (exact) mass is 392 g/mol. The van der Waals surface area contributed by atoms with Gasteiger partial charge in [0.25, 0.3) is 0 Å². The highest BCUT2D eigenvalue weighted by molar-refractivity contribution is 5.80. The second-order valence-electron chi connectivity index (χ2n) is 8.62. The van der Waals surface area contributed by atoms with E-state index in [1.807, 2.05) is 29.6 Å². The molecule has 152 valence electrons. The molecule has 0 bridgehead atoms. The topological polar surface area (TPSA) is 89.2 Å². The van der Waals surface area contributed by atoms with Crippen molar-refractivity contribution < 1.29 is 0 Å². The molecule has 0 saturated carbocycles. The van der Waals surface area contributed by atoms with Crippen molar-refractivity contribution in [3.8, 4) is 0 Å². The molecule has 4 rings (SSSR count). The zero-order valence-electron chi connectivity index (χ0n) is 17.2. The molecule has 0 saturated heterocycles. The molecule has 0 amide bonds. The van der Waals surface area contributed by atoms with Gasteiger partial charge in [-0.1, -0.05) is 26.8 Å². The highest BCUT2D eigenvalue weighted by atomic mass is 15.5. The Hall–Kier alpha value is -3.00. The van der Waals surface area contributed by atoms with Crippen LogP contribution in [0.3, 0.4) is 0 Å². The van der Waals surface area contributed by atoms with E-state index in [1.165, 1.54) is 5.39 Å². The average Bonchev–Trinajstić information content (AvgIpc) is 3.42. The maximum Gasteiger partial charge on any atom is 0.172 e. The summed E-state index contributed by atoms with van der Waals surface area (Å²) >= 11 is 0. The Morgan fingerprint density at radius 3 is 2.90 bits per heavy atom. The lowest BCUT2D eigenvalue weighted by Crippen LogP contribution is -2.29. The van der Waals surface area contributed by atoms with E-state index in [1.54, 1.807) is 0 Å². The van der Waals surface area contributed by atoms with E-state index in [9.17, 15) is 0 Å². The van der Waals surface area contributed by atoms with E-state index < -0.39 is 0 Å². The number of hydrogen-bond donors (Lipinski definition) is 2. The summed E-state index contributed by atoms with van der Waals surface area (Å²) in [5, 5.41) is 17.5. The number of aromatic nitrogens is 7. The highest BCUT2D eigenvalue weighted by Gasteiger charge is 2.24. The van der Waals surface area contributed by atoms with E-state index in [0.717, 1.165) is 43.0 Å². The molecule has 0 radical (unpaired) electrons. The first-order valence-electron chi connectivity index (χ1n) is 10.0. The van der Waals surface area contributed by atoms with Gasteiger partial charge < -0.3 is 14.9 Å². The maximum atomic E-state index is 4.39. The number of fused-ring (bicyclic) bond motifs is 1.